The molecule has 0 aromatic heterocycles. The van der Waals surface area contributed by atoms with Crippen LogP contribution in [0.3, 0.4) is 0 Å². The average Bonchev–Trinajstić information content (AvgIpc) is 2.58. The molecule has 0 amide bonds. The van der Waals surface area contributed by atoms with E-state index in [0.29, 0.717) is 6.42 Å². The van der Waals surface area contributed by atoms with Crippen LogP contribution >= 0.6 is 0 Å². The molecule has 25 heavy (non-hydrogen) atoms. The number of carbonyl (C=O) groups is 2. The van der Waals surface area contributed by atoms with E-state index in [0.717, 1.165) is 12.8 Å². The van der Waals surface area contributed by atoms with Crippen molar-refractivity contribution >= 4 is 63.3 Å². The summed E-state index contributed by atoms with van der Waals surface area (Å²) in [6.45, 7) is 3.94. The van der Waals surface area contributed by atoms with Crippen LogP contribution in [0.2, 0.25) is 0 Å². The molecule has 0 spiro atoms. The van der Waals surface area contributed by atoms with Gasteiger partial charge in [-0.1, -0.05) is 84.0 Å². The second kappa shape index (κ2) is 21.0. The summed E-state index contributed by atoms with van der Waals surface area (Å²) in [7, 11) is 1.67. The van der Waals surface area contributed by atoms with Crippen LogP contribution in [0, 0.1) is 0 Å². The molecule has 0 heterocycles. The Morgan fingerprint density at radius 2 is 1.20 bits per heavy atom. The van der Waals surface area contributed by atoms with Crippen LogP contribution in [0.15, 0.2) is 0 Å². The normalized spacial score (nSPS) is 11.6. The molecule has 4 nitrogen and oxygen atoms in total. The molecule has 5 heteroatoms. The third-order valence-corrected chi connectivity index (χ3v) is 4.49. The van der Waals surface area contributed by atoms with E-state index in [-0.39, 0.29) is 51.4 Å². The largest absolute Gasteiger partial charge is 0.392 e. The standard InChI is InChI=1S/C20H39NO3.K/c1-4-5-6-7-8-9-10-11-12-13-14-15-16-17-19(22)24-20(23)18(2)21-3;/h18,21H,4-17H2,1-3H3;/t18-;/m0./s1. The molecule has 1 atom stereocenters. The molecule has 0 bridgehead atoms. The predicted octanol–water partition coefficient (Wildman–Crippen LogP) is 4.76. The molecule has 0 unspecified atom stereocenters. The number of ether oxygens (including phenoxy) is 1. The van der Waals surface area contributed by atoms with Gasteiger partial charge in [-0.05, 0) is 20.4 Å². The van der Waals surface area contributed by atoms with Crippen molar-refractivity contribution < 1.29 is 14.3 Å². The first kappa shape index (κ1) is 28.0. The Balaban J connectivity index is 0. The minimum atomic E-state index is -0.489. The van der Waals surface area contributed by atoms with E-state index in [2.05, 4.69) is 12.2 Å². The second-order valence-electron chi connectivity index (χ2n) is 6.80. The van der Waals surface area contributed by atoms with Gasteiger partial charge in [0.1, 0.15) is 6.04 Å². The topological polar surface area (TPSA) is 55.4 Å². The molecule has 0 aliphatic heterocycles. The van der Waals surface area contributed by atoms with Crippen molar-refractivity contribution in [2.75, 3.05) is 7.05 Å². The van der Waals surface area contributed by atoms with Crippen LogP contribution in [0.5, 0.6) is 0 Å². The minimum Gasteiger partial charge on any atom is -0.392 e. The van der Waals surface area contributed by atoms with Crippen LogP contribution in [0.1, 0.15) is 104 Å². The van der Waals surface area contributed by atoms with Gasteiger partial charge in [-0.25, -0.2) is 4.79 Å². The van der Waals surface area contributed by atoms with Gasteiger partial charge in [0, 0.05) is 57.8 Å². The van der Waals surface area contributed by atoms with Gasteiger partial charge in [-0.15, -0.1) is 0 Å². The summed E-state index contributed by atoms with van der Waals surface area (Å²) in [6.07, 6.45) is 16.9. The predicted molar refractivity (Wildman–Crippen MR) is 106 cm³/mol. The summed E-state index contributed by atoms with van der Waals surface area (Å²) >= 11 is 0. The van der Waals surface area contributed by atoms with Gasteiger partial charge in [0.05, 0.1) is 0 Å². The van der Waals surface area contributed by atoms with Crippen molar-refractivity contribution in [1.82, 2.24) is 5.32 Å². The summed E-state index contributed by atoms with van der Waals surface area (Å²) in [6, 6.07) is -0.430. The molecule has 0 aliphatic carbocycles. The summed E-state index contributed by atoms with van der Waals surface area (Å²) < 4.78 is 4.77. The van der Waals surface area contributed by atoms with Crippen molar-refractivity contribution in [3.05, 3.63) is 0 Å². The molecule has 0 aromatic rings. The maximum Gasteiger partial charge on any atom is 0.330 e. The van der Waals surface area contributed by atoms with E-state index >= 15 is 0 Å². The molecule has 0 aliphatic rings. The van der Waals surface area contributed by atoms with Crippen LogP contribution < -0.4 is 5.32 Å². The number of hydrogen-bond acceptors (Lipinski definition) is 4. The van der Waals surface area contributed by atoms with Crippen molar-refractivity contribution in [2.24, 2.45) is 0 Å². The average molecular weight is 381 g/mol. The Hall–Kier alpha value is 0.736. The fraction of sp³-hybridized carbons (Fsp3) is 0.900. The summed E-state index contributed by atoms with van der Waals surface area (Å²) in [4.78, 5) is 22.9. The Morgan fingerprint density at radius 1 is 0.800 bits per heavy atom. The van der Waals surface area contributed by atoms with Crippen molar-refractivity contribution in [3.8, 4) is 0 Å². The molecular weight excluding hydrogens is 341 g/mol. The number of carbonyl (C=O) groups excluding carboxylic acids is 2. The number of esters is 2. The van der Waals surface area contributed by atoms with Crippen molar-refractivity contribution in [2.45, 2.75) is 110 Å². The first-order valence-electron chi connectivity index (χ1n) is 10.0. The number of rotatable bonds is 16. The van der Waals surface area contributed by atoms with Crippen molar-refractivity contribution in [1.29, 1.82) is 0 Å². The van der Waals surface area contributed by atoms with Gasteiger partial charge in [-0.3, -0.25) is 4.79 Å². The Morgan fingerprint density at radius 3 is 1.60 bits per heavy atom. The smallest absolute Gasteiger partial charge is 0.330 e. The number of likely N-dealkylation sites (N-methyl/N-ethyl adjacent to an activating group) is 1. The van der Waals surface area contributed by atoms with Crippen LogP contribution in [-0.2, 0) is 14.3 Å². The molecule has 0 fully saturated rings. The third kappa shape index (κ3) is 19.3. The van der Waals surface area contributed by atoms with Crippen molar-refractivity contribution in [3.63, 3.8) is 0 Å². The molecule has 0 aromatic carbocycles. The molecule has 143 valence electrons. The molecule has 1 radical (unpaired) electrons. The molecule has 0 saturated carbocycles. The van der Waals surface area contributed by atoms with E-state index in [1.807, 2.05) is 0 Å². The summed E-state index contributed by atoms with van der Waals surface area (Å²) in [5, 5.41) is 2.76. The van der Waals surface area contributed by atoms with Gasteiger partial charge in [0.2, 0.25) is 0 Å². The van der Waals surface area contributed by atoms with Crippen LogP contribution in [0.25, 0.3) is 0 Å². The maximum atomic E-state index is 11.5. The van der Waals surface area contributed by atoms with Gasteiger partial charge >= 0.3 is 11.9 Å². The van der Waals surface area contributed by atoms with E-state index in [9.17, 15) is 9.59 Å². The van der Waals surface area contributed by atoms with Gasteiger partial charge in [0.25, 0.3) is 0 Å². The first-order chi connectivity index (χ1) is 11.6. The van der Waals surface area contributed by atoms with E-state index in [4.69, 9.17) is 4.74 Å². The van der Waals surface area contributed by atoms with E-state index in [1.165, 1.54) is 70.6 Å². The van der Waals surface area contributed by atoms with Gasteiger partial charge < -0.3 is 10.1 Å². The fourth-order valence-electron chi connectivity index (χ4n) is 2.66. The molecular formula is C20H39KNO3. The SMILES string of the molecule is CCCCCCCCCCCCCCCC(=O)OC(=O)[C@H](C)NC.[K]. The molecule has 1 N–H and O–H groups in total. The zero-order valence-corrected chi connectivity index (χ0v) is 20.3. The summed E-state index contributed by atoms with van der Waals surface area (Å²) in [5.74, 6) is -0.887. The van der Waals surface area contributed by atoms with Gasteiger partial charge in [0.15, 0.2) is 0 Å². The summed E-state index contributed by atoms with van der Waals surface area (Å²) in [5.41, 5.74) is 0. The molecule has 0 saturated heterocycles. The zero-order valence-electron chi connectivity index (χ0n) is 17.2. The van der Waals surface area contributed by atoms with E-state index < -0.39 is 18.0 Å². The maximum absolute atomic E-state index is 11.5. The molecule has 0 rings (SSSR count). The number of unbranched alkanes of at least 4 members (excludes halogenated alkanes) is 12. The minimum absolute atomic E-state index is 0. The number of nitrogens with one attached hydrogen (secondary N) is 1. The fourth-order valence-corrected chi connectivity index (χ4v) is 2.66. The Kier molecular flexibility index (Phi) is 23.5. The Labute approximate surface area is 198 Å². The monoisotopic (exact) mass is 380 g/mol. The third-order valence-electron chi connectivity index (χ3n) is 4.49. The van der Waals surface area contributed by atoms with Gasteiger partial charge in [-0.2, -0.15) is 0 Å². The number of hydrogen-bond donors (Lipinski definition) is 1. The second-order valence-corrected chi connectivity index (χ2v) is 6.80. The van der Waals surface area contributed by atoms with Crippen LogP contribution in [0.4, 0.5) is 0 Å². The van der Waals surface area contributed by atoms with E-state index in [1.54, 1.807) is 14.0 Å². The first-order valence-corrected chi connectivity index (χ1v) is 10.0. The van der Waals surface area contributed by atoms with Crippen LogP contribution in [-0.4, -0.2) is 76.4 Å². The zero-order chi connectivity index (χ0) is 18.0. The Bertz CT molecular complexity index is 324. The quantitative estimate of drug-likeness (QED) is 0.181.